The molecule has 0 saturated heterocycles. The maximum atomic E-state index is 6.50. The molecule has 0 amide bonds. The van der Waals surface area contributed by atoms with Gasteiger partial charge in [0.05, 0.1) is 26.4 Å². The molecular formula is C25H28Cl3NO4. The molecule has 0 aliphatic carbocycles. The SMILES string of the molecule is COc1ccc(CCNCc2cc(Cl)c(OCc3ccccc3Cl)c(OC)c2)cc1OC.Cl. The van der Waals surface area contributed by atoms with Crippen molar-refractivity contribution in [1.29, 1.82) is 0 Å². The zero-order valence-electron chi connectivity index (χ0n) is 18.8. The van der Waals surface area contributed by atoms with Crippen LogP contribution in [0.5, 0.6) is 23.0 Å². The van der Waals surface area contributed by atoms with Gasteiger partial charge in [-0.25, -0.2) is 0 Å². The van der Waals surface area contributed by atoms with Crippen molar-refractivity contribution in [3.05, 3.63) is 81.3 Å². The molecule has 0 aliphatic rings. The van der Waals surface area contributed by atoms with Crippen molar-refractivity contribution in [3.8, 4) is 23.0 Å². The average molecular weight is 513 g/mol. The Bertz CT molecular complexity index is 1050. The van der Waals surface area contributed by atoms with E-state index in [1.807, 2.05) is 54.6 Å². The molecule has 33 heavy (non-hydrogen) atoms. The molecule has 178 valence electrons. The summed E-state index contributed by atoms with van der Waals surface area (Å²) in [5, 5.41) is 4.58. The molecule has 5 nitrogen and oxygen atoms in total. The molecule has 0 saturated carbocycles. The quantitative estimate of drug-likeness (QED) is 0.303. The number of rotatable bonds is 11. The number of halogens is 3. The third-order valence-electron chi connectivity index (χ3n) is 4.99. The van der Waals surface area contributed by atoms with E-state index < -0.39 is 0 Å². The van der Waals surface area contributed by atoms with Gasteiger partial charge in [0.2, 0.25) is 0 Å². The molecule has 3 aromatic carbocycles. The molecular weight excluding hydrogens is 485 g/mol. The van der Waals surface area contributed by atoms with Crippen molar-refractivity contribution in [2.24, 2.45) is 0 Å². The van der Waals surface area contributed by atoms with Crippen molar-refractivity contribution in [1.82, 2.24) is 5.32 Å². The summed E-state index contributed by atoms with van der Waals surface area (Å²) >= 11 is 12.7. The maximum Gasteiger partial charge on any atom is 0.180 e. The van der Waals surface area contributed by atoms with Crippen molar-refractivity contribution < 1.29 is 18.9 Å². The third-order valence-corrected chi connectivity index (χ3v) is 5.64. The minimum absolute atomic E-state index is 0. The van der Waals surface area contributed by atoms with E-state index in [1.54, 1.807) is 21.3 Å². The summed E-state index contributed by atoms with van der Waals surface area (Å²) in [6.45, 7) is 1.74. The molecule has 0 heterocycles. The molecule has 0 unspecified atom stereocenters. The normalized spacial score (nSPS) is 10.3. The van der Waals surface area contributed by atoms with Gasteiger partial charge in [-0.05, 0) is 54.4 Å². The molecule has 0 radical (unpaired) electrons. The summed E-state index contributed by atoms with van der Waals surface area (Å²) in [5.41, 5.74) is 3.05. The Kier molecular flexibility index (Phi) is 10.9. The second-order valence-corrected chi connectivity index (χ2v) is 7.92. The second-order valence-electron chi connectivity index (χ2n) is 7.11. The van der Waals surface area contributed by atoms with Crippen LogP contribution in [-0.4, -0.2) is 27.9 Å². The van der Waals surface area contributed by atoms with Crippen LogP contribution in [-0.2, 0) is 19.6 Å². The van der Waals surface area contributed by atoms with E-state index >= 15 is 0 Å². The van der Waals surface area contributed by atoms with Crippen LogP contribution in [0.1, 0.15) is 16.7 Å². The number of hydrogen-bond acceptors (Lipinski definition) is 5. The van der Waals surface area contributed by atoms with Gasteiger partial charge in [-0.2, -0.15) is 0 Å². The predicted molar refractivity (Wildman–Crippen MR) is 136 cm³/mol. The highest BCUT2D eigenvalue weighted by Crippen LogP contribution is 2.37. The van der Waals surface area contributed by atoms with Gasteiger partial charge in [0.25, 0.3) is 0 Å². The molecule has 3 aromatic rings. The van der Waals surface area contributed by atoms with Crippen molar-refractivity contribution >= 4 is 35.6 Å². The van der Waals surface area contributed by atoms with Gasteiger partial charge < -0.3 is 24.3 Å². The van der Waals surface area contributed by atoms with Crippen LogP contribution in [0.2, 0.25) is 10.0 Å². The van der Waals surface area contributed by atoms with Crippen LogP contribution in [0.25, 0.3) is 0 Å². The summed E-state index contributed by atoms with van der Waals surface area (Å²) in [6, 6.07) is 17.3. The number of nitrogens with one attached hydrogen (secondary N) is 1. The largest absolute Gasteiger partial charge is 0.493 e. The molecule has 3 rings (SSSR count). The van der Waals surface area contributed by atoms with Crippen LogP contribution < -0.4 is 24.3 Å². The van der Waals surface area contributed by atoms with E-state index in [-0.39, 0.29) is 12.4 Å². The topological polar surface area (TPSA) is 49.0 Å². The van der Waals surface area contributed by atoms with Gasteiger partial charge in [-0.15, -0.1) is 12.4 Å². The Morgan fingerprint density at radius 1 is 0.758 bits per heavy atom. The predicted octanol–water partition coefficient (Wildman–Crippen LogP) is 6.35. The number of benzene rings is 3. The van der Waals surface area contributed by atoms with Crippen molar-refractivity contribution in [2.75, 3.05) is 27.9 Å². The lowest BCUT2D eigenvalue weighted by molar-refractivity contribution is 0.284. The standard InChI is InChI=1S/C25H27Cl2NO4.ClH/c1-29-22-9-8-17(13-23(22)30-2)10-11-28-15-18-12-21(27)25(24(14-18)31-3)32-16-19-6-4-5-7-20(19)26;/h4-9,12-14,28H,10-11,15-16H2,1-3H3;1H. The Labute approximate surface area is 211 Å². The first-order valence-electron chi connectivity index (χ1n) is 10.2. The lowest BCUT2D eigenvalue weighted by atomic mass is 10.1. The zero-order chi connectivity index (χ0) is 22.9. The summed E-state index contributed by atoms with van der Waals surface area (Å²) in [5.74, 6) is 2.54. The molecule has 0 spiro atoms. The van der Waals surface area contributed by atoms with Crippen LogP contribution >= 0.6 is 35.6 Å². The smallest absolute Gasteiger partial charge is 0.180 e. The van der Waals surface area contributed by atoms with Gasteiger partial charge in [0.1, 0.15) is 6.61 Å². The molecule has 8 heteroatoms. The molecule has 0 bridgehead atoms. The zero-order valence-corrected chi connectivity index (χ0v) is 21.2. The van der Waals surface area contributed by atoms with Crippen LogP contribution in [0.4, 0.5) is 0 Å². The minimum Gasteiger partial charge on any atom is -0.493 e. The van der Waals surface area contributed by atoms with Gasteiger partial charge >= 0.3 is 0 Å². The molecule has 0 aliphatic heterocycles. The average Bonchev–Trinajstić information content (AvgIpc) is 2.81. The fraction of sp³-hybridized carbons (Fsp3) is 0.280. The van der Waals surface area contributed by atoms with E-state index in [0.29, 0.717) is 34.7 Å². The number of ether oxygens (including phenoxy) is 4. The highest BCUT2D eigenvalue weighted by molar-refractivity contribution is 6.32. The fourth-order valence-corrected chi connectivity index (χ4v) is 3.76. The van der Waals surface area contributed by atoms with Crippen LogP contribution in [0, 0.1) is 0 Å². The highest BCUT2D eigenvalue weighted by atomic mass is 35.5. The fourth-order valence-electron chi connectivity index (χ4n) is 3.28. The molecule has 0 aromatic heterocycles. The minimum atomic E-state index is 0. The van der Waals surface area contributed by atoms with Gasteiger partial charge in [0, 0.05) is 17.1 Å². The molecule has 0 atom stereocenters. The third kappa shape index (κ3) is 7.34. The highest BCUT2D eigenvalue weighted by Gasteiger charge is 2.13. The van der Waals surface area contributed by atoms with E-state index in [0.717, 1.165) is 41.2 Å². The lowest BCUT2D eigenvalue weighted by Gasteiger charge is -2.15. The Morgan fingerprint density at radius 2 is 1.45 bits per heavy atom. The summed E-state index contributed by atoms with van der Waals surface area (Å²) < 4.78 is 22.1. The first-order chi connectivity index (χ1) is 15.5. The number of methoxy groups -OCH3 is 3. The first kappa shape index (κ1) is 26.9. The summed E-state index contributed by atoms with van der Waals surface area (Å²) in [7, 11) is 4.87. The lowest BCUT2D eigenvalue weighted by Crippen LogP contribution is -2.17. The van der Waals surface area contributed by atoms with Gasteiger partial charge in [-0.1, -0.05) is 47.5 Å². The summed E-state index contributed by atoms with van der Waals surface area (Å²) in [4.78, 5) is 0. The Hall–Kier alpha value is -2.31. The first-order valence-corrected chi connectivity index (χ1v) is 11.0. The Balaban J connectivity index is 0.00000385. The van der Waals surface area contributed by atoms with E-state index in [4.69, 9.17) is 42.1 Å². The molecule has 0 fully saturated rings. The van der Waals surface area contributed by atoms with Crippen LogP contribution in [0.15, 0.2) is 54.6 Å². The Morgan fingerprint density at radius 3 is 2.15 bits per heavy atom. The van der Waals surface area contributed by atoms with Crippen molar-refractivity contribution in [2.45, 2.75) is 19.6 Å². The number of hydrogen-bond donors (Lipinski definition) is 1. The van der Waals surface area contributed by atoms with E-state index in [1.165, 1.54) is 0 Å². The van der Waals surface area contributed by atoms with Gasteiger partial charge in [-0.3, -0.25) is 0 Å². The summed E-state index contributed by atoms with van der Waals surface area (Å²) in [6.07, 6.45) is 0.851. The van der Waals surface area contributed by atoms with Crippen LogP contribution in [0.3, 0.4) is 0 Å². The van der Waals surface area contributed by atoms with E-state index in [2.05, 4.69) is 5.32 Å². The second kappa shape index (κ2) is 13.4. The van der Waals surface area contributed by atoms with Crippen molar-refractivity contribution in [3.63, 3.8) is 0 Å². The molecule has 1 N–H and O–H groups in total. The van der Waals surface area contributed by atoms with Gasteiger partial charge in [0.15, 0.2) is 23.0 Å². The monoisotopic (exact) mass is 511 g/mol. The van der Waals surface area contributed by atoms with E-state index in [9.17, 15) is 0 Å². The maximum absolute atomic E-state index is 6.50.